The van der Waals surface area contributed by atoms with Gasteiger partial charge in [-0.15, -0.1) is 0 Å². The van der Waals surface area contributed by atoms with Gasteiger partial charge in [-0.1, -0.05) is 13.8 Å². The van der Waals surface area contributed by atoms with E-state index < -0.39 is 5.91 Å². The van der Waals surface area contributed by atoms with E-state index in [-0.39, 0.29) is 23.3 Å². The molecule has 2 aliphatic carbocycles. The van der Waals surface area contributed by atoms with E-state index in [9.17, 15) is 9.59 Å². The number of amides is 1. The van der Waals surface area contributed by atoms with E-state index >= 15 is 0 Å². The Morgan fingerprint density at radius 1 is 1.16 bits per heavy atom. The number of rotatable bonds is 8. The average Bonchev–Trinajstić information content (AvgIpc) is 3.20. The van der Waals surface area contributed by atoms with Crippen molar-refractivity contribution >= 4 is 17.4 Å². The van der Waals surface area contributed by atoms with Gasteiger partial charge in [0.05, 0.1) is 31.5 Å². The lowest BCUT2D eigenvalue weighted by Crippen LogP contribution is -2.39. The lowest BCUT2D eigenvalue weighted by atomic mass is 9.75. The van der Waals surface area contributed by atoms with Crippen LogP contribution in [0.1, 0.15) is 77.9 Å². The zero-order chi connectivity index (χ0) is 26.9. The van der Waals surface area contributed by atoms with Crippen LogP contribution in [-0.4, -0.2) is 72.8 Å². The Hall–Kier alpha value is -2.68. The number of morpholine rings is 1. The number of nitrogens with two attached hydrogens (primary N) is 1. The van der Waals surface area contributed by atoms with Crippen molar-refractivity contribution in [3.8, 4) is 5.69 Å². The van der Waals surface area contributed by atoms with Gasteiger partial charge in [0.25, 0.3) is 5.91 Å². The van der Waals surface area contributed by atoms with Crippen molar-refractivity contribution in [2.24, 2.45) is 11.1 Å². The van der Waals surface area contributed by atoms with Crippen LogP contribution in [-0.2, 0) is 15.9 Å². The summed E-state index contributed by atoms with van der Waals surface area (Å²) in [5.41, 5.74) is 10.8. The van der Waals surface area contributed by atoms with Gasteiger partial charge in [-0.25, -0.2) is 0 Å². The van der Waals surface area contributed by atoms with Crippen molar-refractivity contribution < 1.29 is 19.1 Å². The summed E-state index contributed by atoms with van der Waals surface area (Å²) in [6.07, 6.45) is 7.67. The summed E-state index contributed by atoms with van der Waals surface area (Å²) in [7, 11) is 0. The zero-order valence-electron chi connectivity index (χ0n) is 23.1. The molecule has 8 nitrogen and oxygen atoms in total. The van der Waals surface area contributed by atoms with Crippen molar-refractivity contribution in [2.75, 3.05) is 44.8 Å². The molecule has 2 heterocycles. The Morgan fingerprint density at radius 3 is 2.61 bits per heavy atom. The topological polar surface area (TPSA) is 98.8 Å². The van der Waals surface area contributed by atoms with Crippen LogP contribution in [0.15, 0.2) is 24.4 Å². The summed E-state index contributed by atoms with van der Waals surface area (Å²) in [6.45, 7) is 11.6. The number of ketones is 1. The van der Waals surface area contributed by atoms with Gasteiger partial charge < -0.3 is 25.1 Å². The Bertz CT molecular complexity index is 1170. The molecule has 0 unspecified atom stereocenters. The summed E-state index contributed by atoms with van der Waals surface area (Å²) < 4.78 is 13.7. The molecule has 0 atom stereocenters. The first-order chi connectivity index (χ1) is 18.2. The number of nitrogens with zero attached hydrogens (tertiary/aromatic N) is 2. The number of fused-ring (bicyclic) bond motifs is 1. The maximum atomic E-state index is 12.9. The second kappa shape index (κ2) is 11.2. The van der Waals surface area contributed by atoms with Crippen molar-refractivity contribution in [2.45, 2.75) is 71.4 Å². The fraction of sp³-hybridized carbons (Fsp3) is 0.600. The first kappa shape index (κ1) is 26.9. The Labute approximate surface area is 225 Å². The van der Waals surface area contributed by atoms with Crippen LogP contribution in [0.5, 0.6) is 0 Å². The molecule has 1 saturated carbocycles. The van der Waals surface area contributed by atoms with Gasteiger partial charge in [0, 0.05) is 60.9 Å². The van der Waals surface area contributed by atoms with Gasteiger partial charge in [0.1, 0.15) is 0 Å². The zero-order valence-corrected chi connectivity index (χ0v) is 23.1. The van der Waals surface area contributed by atoms with Crippen LogP contribution in [0, 0.1) is 12.3 Å². The van der Waals surface area contributed by atoms with Crippen LogP contribution in [0.25, 0.3) is 5.69 Å². The summed E-state index contributed by atoms with van der Waals surface area (Å²) in [6, 6.07) is 5.99. The molecule has 2 fully saturated rings. The minimum atomic E-state index is -0.443. The maximum absolute atomic E-state index is 12.9. The van der Waals surface area contributed by atoms with E-state index in [1.54, 1.807) is 6.07 Å². The lowest BCUT2D eigenvalue weighted by Gasteiger charge is -2.32. The molecule has 1 aliphatic heterocycles. The van der Waals surface area contributed by atoms with Crippen LogP contribution in [0.3, 0.4) is 0 Å². The summed E-state index contributed by atoms with van der Waals surface area (Å²) in [5, 5.41) is 3.62. The number of anilines is 1. The number of hydrogen-bond donors (Lipinski definition) is 2. The summed E-state index contributed by atoms with van der Waals surface area (Å²) in [5.74, 6) is -0.232. The molecule has 0 radical (unpaired) electrons. The van der Waals surface area contributed by atoms with Gasteiger partial charge >= 0.3 is 0 Å². The Morgan fingerprint density at radius 2 is 1.89 bits per heavy atom. The minimum absolute atomic E-state index is 0.0796. The van der Waals surface area contributed by atoms with E-state index in [1.165, 1.54) is 0 Å². The molecule has 0 spiro atoms. The number of hydrogen-bond acceptors (Lipinski definition) is 6. The number of carbonyl (C=O) groups is 2. The van der Waals surface area contributed by atoms with Gasteiger partial charge in [0.2, 0.25) is 0 Å². The highest BCUT2D eigenvalue weighted by Gasteiger charge is 2.35. The van der Waals surface area contributed by atoms with Gasteiger partial charge in [-0.3, -0.25) is 14.5 Å². The monoisotopic (exact) mass is 522 g/mol. The lowest BCUT2D eigenvalue weighted by molar-refractivity contribution is -0.00919. The molecular formula is C30H42N4O4. The molecule has 2 aromatic rings. The van der Waals surface area contributed by atoms with Crippen molar-refractivity contribution in [3.63, 3.8) is 0 Å². The molecule has 3 aliphatic rings. The molecule has 5 rings (SSSR count). The maximum Gasteiger partial charge on any atom is 0.250 e. The SMILES string of the molecule is Cc1cn(-c2ccc(C(N)=O)c(NC3CCC(OCCN4CCOCC4)CC3)c2)c2c1C(=O)CC(C)(C)C2. The fourth-order valence-corrected chi connectivity index (χ4v) is 6.29. The van der Waals surface area contributed by atoms with Gasteiger partial charge in [-0.2, -0.15) is 0 Å². The van der Waals surface area contributed by atoms with Crippen molar-refractivity contribution in [1.82, 2.24) is 9.47 Å². The highest BCUT2D eigenvalue weighted by molar-refractivity contribution is 6.01. The predicted octanol–water partition coefficient (Wildman–Crippen LogP) is 4.11. The van der Waals surface area contributed by atoms with E-state index in [4.69, 9.17) is 15.2 Å². The normalized spacial score (nSPS) is 23.7. The number of carbonyl (C=O) groups excluding carboxylic acids is 2. The Balaban J connectivity index is 1.26. The van der Waals surface area contributed by atoms with Crippen LogP contribution in [0.4, 0.5) is 5.69 Å². The molecule has 38 heavy (non-hydrogen) atoms. The summed E-state index contributed by atoms with van der Waals surface area (Å²) >= 11 is 0. The van der Waals surface area contributed by atoms with E-state index in [2.05, 4.69) is 28.6 Å². The predicted molar refractivity (Wildman–Crippen MR) is 148 cm³/mol. The molecule has 8 heteroatoms. The number of Topliss-reactive ketones (excluding diaryl/α,β-unsaturated/α-hetero) is 1. The second-order valence-corrected chi connectivity index (χ2v) is 12.0. The van der Waals surface area contributed by atoms with Crippen LogP contribution in [0.2, 0.25) is 0 Å². The van der Waals surface area contributed by atoms with E-state index in [0.717, 1.165) is 99.8 Å². The molecule has 1 aromatic carbocycles. The highest BCUT2D eigenvalue weighted by Crippen LogP contribution is 2.38. The highest BCUT2D eigenvalue weighted by atomic mass is 16.5. The van der Waals surface area contributed by atoms with E-state index in [1.807, 2.05) is 25.3 Å². The Kier molecular flexibility index (Phi) is 7.93. The third-order valence-corrected chi connectivity index (χ3v) is 8.31. The van der Waals surface area contributed by atoms with Crippen LogP contribution >= 0.6 is 0 Å². The smallest absolute Gasteiger partial charge is 0.250 e. The molecule has 1 saturated heterocycles. The number of aromatic nitrogens is 1. The summed E-state index contributed by atoms with van der Waals surface area (Å²) in [4.78, 5) is 27.6. The number of primary amides is 1. The third kappa shape index (κ3) is 5.98. The standard InChI is InChI=1S/C30H42N4O4/c1-20-19-34(26-17-30(2,3)18-27(35)28(20)26)22-6-9-24(29(31)36)25(16-22)32-21-4-7-23(8-5-21)38-15-12-33-10-13-37-14-11-33/h6,9,16,19,21,23,32H,4-5,7-8,10-15,17-18H2,1-3H3,(H2,31,36). The number of benzene rings is 1. The van der Waals surface area contributed by atoms with Gasteiger partial charge in [0.15, 0.2) is 5.78 Å². The van der Waals surface area contributed by atoms with Crippen LogP contribution < -0.4 is 11.1 Å². The largest absolute Gasteiger partial charge is 0.382 e. The first-order valence-electron chi connectivity index (χ1n) is 14.1. The molecule has 1 amide bonds. The minimum Gasteiger partial charge on any atom is -0.382 e. The van der Waals surface area contributed by atoms with E-state index in [0.29, 0.717) is 12.0 Å². The first-order valence-corrected chi connectivity index (χ1v) is 14.1. The molecular weight excluding hydrogens is 480 g/mol. The molecule has 206 valence electrons. The number of nitrogens with one attached hydrogen (secondary N) is 1. The molecule has 1 aromatic heterocycles. The third-order valence-electron chi connectivity index (χ3n) is 8.31. The number of aryl methyl sites for hydroxylation is 1. The van der Waals surface area contributed by atoms with Crippen molar-refractivity contribution in [1.29, 1.82) is 0 Å². The second-order valence-electron chi connectivity index (χ2n) is 12.0. The van der Waals surface area contributed by atoms with Crippen molar-refractivity contribution in [3.05, 3.63) is 46.8 Å². The van der Waals surface area contributed by atoms with Gasteiger partial charge in [-0.05, 0) is 68.2 Å². The fourth-order valence-electron chi connectivity index (χ4n) is 6.29. The average molecular weight is 523 g/mol. The molecule has 0 bridgehead atoms. The number of ether oxygens (including phenoxy) is 2. The quantitative estimate of drug-likeness (QED) is 0.541. The molecule has 3 N–H and O–H groups in total.